The molecule has 0 aliphatic heterocycles. The largest absolute Gasteiger partial charge is 0.481 e. The van der Waals surface area contributed by atoms with E-state index in [2.05, 4.69) is 19.2 Å². The minimum Gasteiger partial charge on any atom is -0.481 e. The molecule has 0 aliphatic carbocycles. The number of carboxylic acid groups (broad SMARTS) is 1. The van der Waals surface area contributed by atoms with Gasteiger partial charge in [-0.3, -0.25) is 14.4 Å². The van der Waals surface area contributed by atoms with E-state index in [0.717, 1.165) is 0 Å². The fraction of sp³-hybridized carbons (Fsp3) is 0.400. The van der Waals surface area contributed by atoms with Gasteiger partial charge in [0.1, 0.15) is 0 Å². The number of nitrogens with one attached hydrogen (secondary N) is 1. The van der Waals surface area contributed by atoms with Gasteiger partial charge in [-0.25, -0.2) is 0 Å². The number of rotatable bonds is 5. The zero-order valence-corrected chi connectivity index (χ0v) is 12.6. The molecule has 116 valence electrons. The minimum absolute atomic E-state index is 0.0737. The summed E-state index contributed by atoms with van der Waals surface area (Å²) in [6.45, 7) is 5.69. The van der Waals surface area contributed by atoms with Crippen LogP contribution in [0.5, 0.6) is 0 Å². The molecule has 4 N–H and O–H groups in total. The number of carbonyl (C=O) groups is 3. The lowest BCUT2D eigenvalue weighted by atomic mass is 10.1. The summed E-state index contributed by atoms with van der Waals surface area (Å²) in [5.74, 6) is -1.78. The maximum absolute atomic E-state index is 11.5. The SMILES string of the molecule is CC(=O)c1ccc(NC(=O)C(N)CC(=O)O)cc1.CCC. The highest BCUT2D eigenvalue weighted by molar-refractivity contribution is 5.98. The van der Waals surface area contributed by atoms with Gasteiger partial charge >= 0.3 is 5.97 Å². The maximum atomic E-state index is 11.5. The quantitative estimate of drug-likeness (QED) is 0.720. The van der Waals surface area contributed by atoms with Crippen LogP contribution in [0.25, 0.3) is 0 Å². The van der Waals surface area contributed by atoms with Crippen LogP contribution in [0.1, 0.15) is 44.0 Å². The van der Waals surface area contributed by atoms with Crippen LogP contribution in [-0.4, -0.2) is 28.8 Å². The molecule has 0 fully saturated rings. The number of carbonyl (C=O) groups excluding carboxylic acids is 2. The van der Waals surface area contributed by atoms with E-state index in [9.17, 15) is 14.4 Å². The predicted octanol–water partition coefficient (Wildman–Crippen LogP) is 2.05. The van der Waals surface area contributed by atoms with E-state index in [-0.39, 0.29) is 5.78 Å². The summed E-state index contributed by atoms with van der Waals surface area (Å²) in [6, 6.07) is 5.15. The molecule has 6 nitrogen and oxygen atoms in total. The highest BCUT2D eigenvalue weighted by atomic mass is 16.4. The number of hydrogen-bond donors (Lipinski definition) is 3. The maximum Gasteiger partial charge on any atom is 0.305 e. The standard InChI is InChI=1S/C12H14N2O4.C3H8/c1-7(15)8-2-4-9(5-3-8)14-12(18)10(13)6-11(16)17;1-3-2/h2-5,10H,6,13H2,1H3,(H,14,18)(H,16,17);3H2,1-2H3. The van der Waals surface area contributed by atoms with E-state index in [0.29, 0.717) is 11.3 Å². The van der Waals surface area contributed by atoms with Crippen molar-refractivity contribution in [3.63, 3.8) is 0 Å². The Morgan fingerprint density at radius 3 is 2.05 bits per heavy atom. The van der Waals surface area contributed by atoms with Gasteiger partial charge < -0.3 is 16.2 Å². The van der Waals surface area contributed by atoms with Crippen molar-refractivity contribution in [2.45, 2.75) is 39.7 Å². The molecule has 21 heavy (non-hydrogen) atoms. The molecule has 0 bridgehead atoms. The van der Waals surface area contributed by atoms with Crippen LogP contribution in [0, 0.1) is 0 Å². The van der Waals surface area contributed by atoms with Crippen LogP contribution in [0.3, 0.4) is 0 Å². The highest BCUT2D eigenvalue weighted by Crippen LogP contribution is 2.10. The Balaban J connectivity index is 0.00000122. The van der Waals surface area contributed by atoms with Gasteiger partial charge in [-0.2, -0.15) is 0 Å². The molecule has 6 heteroatoms. The van der Waals surface area contributed by atoms with Crippen LogP contribution in [0.15, 0.2) is 24.3 Å². The molecule has 0 radical (unpaired) electrons. The molecule has 1 aromatic carbocycles. The molecular weight excluding hydrogens is 272 g/mol. The van der Waals surface area contributed by atoms with Crippen LogP contribution in [0.4, 0.5) is 5.69 Å². The molecule has 1 aromatic rings. The highest BCUT2D eigenvalue weighted by Gasteiger charge is 2.16. The van der Waals surface area contributed by atoms with E-state index >= 15 is 0 Å². The van der Waals surface area contributed by atoms with Gasteiger partial charge in [0.05, 0.1) is 12.5 Å². The van der Waals surface area contributed by atoms with Crippen molar-refractivity contribution in [2.75, 3.05) is 5.32 Å². The van der Waals surface area contributed by atoms with Gasteiger partial charge in [-0.05, 0) is 31.2 Å². The second-order valence-corrected chi connectivity index (χ2v) is 4.53. The summed E-state index contributed by atoms with van der Waals surface area (Å²) in [5.41, 5.74) is 6.39. The number of nitrogens with two attached hydrogens (primary N) is 1. The Hall–Kier alpha value is -2.21. The third kappa shape index (κ3) is 7.84. The fourth-order valence-electron chi connectivity index (χ4n) is 1.30. The summed E-state index contributed by atoms with van der Waals surface area (Å²) in [6.07, 6.45) is 0.817. The van der Waals surface area contributed by atoms with Crippen molar-refractivity contribution in [2.24, 2.45) is 5.73 Å². The monoisotopic (exact) mass is 294 g/mol. The summed E-state index contributed by atoms with van der Waals surface area (Å²) in [7, 11) is 0. The first kappa shape index (κ1) is 18.8. The van der Waals surface area contributed by atoms with E-state index in [1.165, 1.54) is 13.3 Å². The van der Waals surface area contributed by atoms with Crippen molar-refractivity contribution in [3.05, 3.63) is 29.8 Å². The molecule has 0 spiro atoms. The first-order valence-corrected chi connectivity index (χ1v) is 6.71. The van der Waals surface area contributed by atoms with E-state index in [1.807, 2.05) is 0 Å². The molecule has 1 rings (SSSR count). The molecule has 1 amide bonds. The van der Waals surface area contributed by atoms with E-state index in [4.69, 9.17) is 10.8 Å². The van der Waals surface area contributed by atoms with Crippen LogP contribution >= 0.6 is 0 Å². The van der Waals surface area contributed by atoms with Gasteiger partial charge in [0.25, 0.3) is 0 Å². The Morgan fingerprint density at radius 1 is 1.19 bits per heavy atom. The average molecular weight is 294 g/mol. The zero-order chi connectivity index (χ0) is 16.4. The number of amides is 1. The number of ketones is 1. The molecule has 1 unspecified atom stereocenters. The van der Waals surface area contributed by atoms with Crippen LogP contribution < -0.4 is 11.1 Å². The smallest absolute Gasteiger partial charge is 0.305 e. The van der Waals surface area contributed by atoms with Crippen LogP contribution in [0.2, 0.25) is 0 Å². The Morgan fingerprint density at radius 2 is 1.67 bits per heavy atom. The van der Waals surface area contributed by atoms with Crippen molar-refractivity contribution in [3.8, 4) is 0 Å². The van der Waals surface area contributed by atoms with Crippen molar-refractivity contribution in [1.82, 2.24) is 0 Å². The lowest BCUT2D eigenvalue weighted by molar-refractivity contribution is -0.138. The molecule has 1 atom stereocenters. The van der Waals surface area contributed by atoms with Gasteiger partial charge in [-0.15, -0.1) is 0 Å². The van der Waals surface area contributed by atoms with Crippen molar-refractivity contribution < 1.29 is 19.5 Å². The second-order valence-electron chi connectivity index (χ2n) is 4.53. The number of anilines is 1. The number of Topliss-reactive ketones (excluding diaryl/α,β-unsaturated/α-hetero) is 1. The lowest BCUT2D eigenvalue weighted by Crippen LogP contribution is -2.37. The predicted molar refractivity (Wildman–Crippen MR) is 81.3 cm³/mol. The number of aliphatic carboxylic acids is 1. The summed E-state index contributed by atoms with van der Waals surface area (Å²) in [4.78, 5) is 32.9. The number of hydrogen-bond acceptors (Lipinski definition) is 4. The summed E-state index contributed by atoms with van der Waals surface area (Å²) < 4.78 is 0. The fourth-order valence-corrected chi connectivity index (χ4v) is 1.30. The normalized spacial score (nSPS) is 10.9. The van der Waals surface area contributed by atoms with Gasteiger partial charge in [-0.1, -0.05) is 20.3 Å². The third-order valence-corrected chi connectivity index (χ3v) is 2.29. The Kier molecular flexibility index (Phi) is 8.64. The van der Waals surface area contributed by atoms with E-state index < -0.39 is 24.3 Å². The lowest BCUT2D eigenvalue weighted by Gasteiger charge is -2.10. The number of benzene rings is 1. The number of carboxylic acids is 1. The Labute approximate surface area is 124 Å². The van der Waals surface area contributed by atoms with E-state index in [1.54, 1.807) is 24.3 Å². The molecule has 0 heterocycles. The zero-order valence-electron chi connectivity index (χ0n) is 12.6. The molecule has 0 aromatic heterocycles. The molecule has 0 saturated carbocycles. The molecule has 0 saturated heterocycles. The van der Waals surface area contributed by atoms with Crippen molar-refractivity contribution in [1.29, 1.82) is 0 Å². The van der Waals surface area contributed by atoms with Gasteiger partial charge in [0, 0.05) is 11.3 Å². The minimum atomic E-state index is -1.13. The first-order valence-electron chi connectivity index (χ1n) is 6.71. The van der Waals surface area contributed by atoms with Gasteiger partial charge in [0.15, 0.2) is 5.78 Å². The second kappa shape index (κ2) is 9.66. The Bertz CT molecular complexity index is 483. The summed E-state index contributed by atoms with van der Waals surface area (Å²) >= 11 is 0. The molecule has 0 aliphatic rings. The van der Waals surface area contributed by atoms with Gasteiger partial charge in [0.2, 0.25) is 5.91 Å². The first-order chi connectivity index (χ1) is 9.81. The van der Waals surface area contributed by atoms with Crippen LogP contribution in [-0.2, 0) is 9.59 Å². The third-order valence-electron chi connectivity index (χ3n) is 2.29. The van der Waals surface area contributed by atoms with Crippen molar-refractivity contribution >= 4 is 23.3 Å². The topological polar surface area (TPSA) is 109 Å². The molecular formula is C15H22N2O4. The summed E-state index contributed by atoms with van der Waals surface area (Å²) in [5, 5.41) is 11.0. The average Bonchev–Trinajstić information content (AvgIpc) is 2.39.